The predicted molar refractivity (Wildman–Crippen MR) is 111 cm³/mol. The van der Waals surface area contributed by atoms with Crippen molar-refractivity contribution in [1.29, 1.82) is 0 Å². The summed E-state index contributed by atoms with van der Waals surface area (Å²) in [4.78, 5) is 42.7. The van der Waals surface area contributed by atoms with Crippen LogP contribution >= 0.6 is 0 Å². The van der Waals surface area contributed by atoms with Crippen molar-refractivity contribution >= 4 is 17.8 Å². The number of halogens is 3. The van der Waals surface area contributed by atoms with Gasteiger partial charge in [-0.2, -0.15) is 13.2 Å². The lowest BCUT2D eigenvalue weighted by atomic mass is 9.92. The fraction of sp³-hybridized carbons (Fsp3) is 0.500. The van der Waals surface area contributed by atoms with Gasteiger partial charge < -0.3 is 15.1 Å². The van der Waals surface area contributed by atoms with Gasteiger partial charge in [-0.1, -0.05) is 32.0 Å². The molecule has 0 fully saturated rings. The Hall–Kier alpha value is -3.04. The van der Waals surface area contributed by atoms with Crippen molar-refractivity contribution in [3.63, 3.8) is 0 Å². The molecule has 32 heavy (non-hydrogen) atoms. The summed E-state index contributed by atoms with van der Waals surface area (Å²) in [5.74, 6) is -0.772. The minimum Gasteiger partial charge on any atom is -0.341 e. The molecule has 0 aliphatic carbocycles. The second-order valence-corrected chi connectivity index (χ2v) is 7.93. The van der Waals surface area contributed by atoms with Crippen LogP contribution in [0.5, 0.6) is 0 Å². The van der Waals surface area contributed by atoms with Crippen molar-refractivity contribution < 1.29 is 27.6 Å². The molecule has 2 aliphatic heterocycles. The summed E-state index contributed by atoms with van der Waals surface area (Å²) in [6, 6.07) is 3.02. The molecule has 0 saturated carbocycles. The van der Waals surface area contributed by atoms with E-state index in [0.717, 1.165) is 18.9 Å². The molecular weight excluding hydrogens is 425 g/mol. The number of carbonyl (C=O) groups is 3. The van der Waals surface area contributed by atoms with Gasteiger partial charge in [-0.25, -0.2) is 4.79 Å². The molecule has 0 saturated heterocycles. The largest absolute Gasteiger partial charge is 0.416 e. The lowest BCUT2D eigenvalue weighted by Crippen LogP contribution is -2.45. The predicted octanol–water partition coefficient (Wildman–Crippen LogP) is 3.15. The quantitative estimate of drug-likeness (QED) is 0.691. The summed E-state index contributed by atoms with van der Waals surface area (Å²) < 4.78 is 40.8. The number of alkyl halides is 3. The summed E-state index contributed by atoms with van der Waals surface area (Å²) in [5.41, 5.74) is -0.740. The molecule has 2 heterocycles. The average Bonchev–Trinajstić information content (AvgIpc) is 3.06. The van der Waals surface area contributed by atoms with E-state index in [2.05, 4.69) is 5.32 Å². The number of carbonyl (C=O) groups excluding carboxylic acids is 3. The number of likely N-dealkylation sites (N-methyl/N-ethyl adjacent to an activating group) is 1. The number of amides is 4. The SMILES string of the molecule is CCCN(CCC)C(=O)CN1CC2=C(C1=O)[C@@H](c1ccccc1C(F)(F)F)NC(=O)N2C. The number of benzene rings is 1. The maximum absolute atomic E-state index is 13.6. The van der Waals surface area contributed by atoms with Crippen molar-refractivity contribution in [1.82, 2.24) is 20.0 Å². The molecule has 0 bridgehead atoms. The first kappa shape index (κ1) is 23.6. The first-order valence-electron chi connectivity index (χ1n) is 10.6. The molecule has 7 nitrogen and oxygen atoms in total. The molecule has 174 valence electrons. The molecule has 1 atom stereocenters. The highest BCUT2D eigenvalue weighted by Crippen LogP contribution is 2.41. The normalized spacial score (nSPS) is 18.8. The number of hydrogen-bond donors (Lipinski definition) is 1. The number of urea groups is 1. The van der Waals surface area contributed by atoms with Crippen molar-refractivity contribution in [2.75, 3.05) is 33.2 Å². The van der Waals surface area contributed by atoms with Crippen LogP contribution in [0.4, 0.5) is 18.0 Å². The minimum atomic E-state index is -4.65. The fourth-order valence-corrected chi connectivity index (χ4v) is 4.16. The maximum atomic E-state index is 13.6. The molecule has 0 spiro atoms. The molecule has 0 radical (unpaired) electrons. The second kappa shape index (κ2) is 9.22. The molecule has 0 unspecified atom stereocenters. The van der Waals surface area contributed by atoms with E-state index in [1.165, 1.54) is 35.0 Å². The maximum Gasteiger partial charge on any atom is 0.416 e. The fourth-order valence-electron chi connectivity index (χ4n) is 4.16. The Labute approximate surface area is 184 Å². The summed E-state index contributed by atoms with van der Waals surface area (Å²) in [6.45, 7) is 4.81. The number of rotatable bonds is 7. The molecule has 3 rings (SSSR count). The lowest BCUT2D eigenvalue weighted by Gasteiger charge is -2.32. The van der Waals surface area contributed by atoms with E-state index >= 15 is 0 Å². The van der Waals surface area contributed by atoms with Crippen LogP contribution in [0.1, 0.15) is 43.9 Å². The number of nitrogens with zero attached hydrogens (tertiary/aromatic N) is 3. The Morgan fingerprint density at radius 2 is 1.78 bits per heavy atom. The van der Waals surface area contributed by atoms with Gasteiger partial charge in [0, 0.05) is 20.1 Å². The third-order valence-electron chi connectivity index (χ3n) is 5.68. The van der Waals surface area contributed by atoms with Gasteiger partial charge in [-0.15, -0.1) is 0 Å². The van der Waals surface area contributed by atoms with Crippen molar-refractivity contribution in [2.45, 2.75) is 38.9 Å². The van der Waals surface area contributed by atoms with E-state index < -0.39 is 29.7 Å². The van der Waals surface area contributed by atoms with Crippen LogP contribution in [0.2, 0.25) is 0 Å². The lowest BCUT2D eigenvalue weighted by molar-refractivity contribution is -0.138. The van der Waals surface area contributed by atoms with E-state index in [1.54, 1.807) is 4.90 Å². The zero-order chi connectivity index (χ0) is 23.6. The van der Waals surface area contributed by atoms with Crippen LogP contribution in [-0.4, -0.2) is 65.8 Å². The number of hydrogen-bond acceptors (Lipinski definition) is 3. The molecule has 2 aliphatic rings. The zero-order valence-electron chi connectivity index (χ0n) is 18.3. The highest BCUT2D eigenvalue weighted by atomic mass is 19.4. The van der Waals surface area contributed by atoms with E-state index in [0.29, 0.717) is 18.8 Å². The van der Waals surface area contributed by atoms with Gasteiger partial charge in [0.2, 0.25) is 5.91 Å². The van der Waals surface area contributed by atoms with Crippen LogP contribution in [0.15, 0.2) is 35.5 Å². The zero-order valence-corrected chi connectivity index (χ0v) is 18.3. The van der Waals surface area contributed by atoms with Crippen molar-refractivity contribution in [3.05, 3.63) is 46.7 Å². The molecule has 1 aromatic carbocycles. The summed E-state index contributed by atoms with van der Waals surface area (Å²) >= 11 is 0. The smallest absolute Gasteiger partial charge is 0.341 e. The standard InChI is InChI=1S/C22H27F3N4O3/c1-4-10-28(11-5-2)17(30)13-29-12-16-18(20(29)31)19(26-21(32)27(16)3)14-8-6-7-9-15(14)22(23,24)25/h6-9,19H,4-5,10-13H2,1-3H3,(H,26,32)/t19-/m1/s1. The van der Waals surface area contributed by atoms with Gasteiger partial charge in [0.1, 0.15) is 6.54 Å². The number of nitrogens with one attached hydrogen (secondary N) is 1. The first-order chi connectivity index (χ1) is 15.1. The summed E-state index contributed by atoms with van der Waals surface area (Å²) in [6.07, 6.45) is -3.11. The van der Waals surface area contributed by atoms with E-state index in [1.807, 2.05) is 13.8 Å². The van der Waals surface area contributed by atoms with Gasteiger partial charge in [-0.3, -0.25) is 14.5 Å². The van der Waals surface area contributed by atoms with Gasteiger partial charge in [-0.05, 0) is 24.5 Å². The summed E-state index contributed by atoms with van der Waals surface area (Å²) in [7, 11) is 1.45. The van der Waals surface area contributed by atoms with Gasteiger partial charge >= 0.3 is 12.2 Å². The molecular formula is C22H27F3N4O3. The Kier molecular flexibility index (Phi) is 6.80. The second-order valence-electron chi connectivity index (χ2n) is 7.93. The van der Waals surface area contributed by atoms with Crippen LogP contribution in [0, 0.1) is 0 Å². The average molecular weight is 452 g/mol. The Morgan fingerprint density at radius 1 is 1.16 bits per heavy atom. The van der Waals surface area contributed by atoms with Crippen LogP contribution in [0.25, 0.3) is 0 Å². The molecule has 1 N–H and O–H groups in total. The Morgan fingerprint density at radius 3 is 2.38 bits per heavy atom. The Bertz CT molecular complexity index is 939. The molecule has 1 aromatic rings. The first-order valence-corrected chi connectivity index (χ1v) is 10.6. The summed E-state index contributed by atoms with van der Waals surface area (Å²) in [5, 5.41) is 2.52. The van der Waals surface area contributed by atoms with Crippen molar-refractivity contribution in [3.8, 4) is 0 Å². The van der Waals surface area contributed by atoms with Gasteiger partial charge in [0.25, 0.3) is 5.91 Å². The van der Waals surface area contributed by atoms with E-state index in [-0.39, 0.29) is 30.1 Å². The van der Waals surface area contributed by atoms with E-state index in [9.17, 15) is 27.6 Å². The molecule has 10 heteroatoms. The Balaban J connectivity index is 1.94. The van der Waals surface area contributed by atoms with Crippen LogP contribution < -0.4 is 5.32 Å². The van der Waals surface area contributed by atoms with Crippen LogP contribution in [0.3, 0.4) is 0 Å². The molecule has 0 aromatic heterocycles. The third-order valence-corrected chi connectivity index (χ3v) is 5.68. The topological polar surface area (TPSA) is 73.0 Å². The molecule has 4 amide bonds. The highest BCUT2D eigenvalue weighted by molar-refractivity contribution is 6.03. The van der Waals surface area contributed by atoms with Crippen LogP contribution in [-0.2, 0) is 15.8 Å². The van der Waals surface area contributed by atoms with Gasteiger partial charge in [0.05, 0.1) is 29.4 Å². The highest BCUT2D eigenvalue weighted by Gasteiger charge is 2.46. The third kappa shape index (κ3) is 4.44. The minimum absolute atomic E-state index is 0.0133. The van der Waals surface area contributed by atoms with Gasteiger partial charge in [0.15, 0.2) is 0 Å². The van der Waals surface area contributed by atoms with E-state index in [4.69, 9.17) is 0 Å². The monoisotopic (exact) mass is 452 g/mol. The van der Waals surface area contributed by atoms with Crippen molar-refractivity contribution in [2.24, 2.45) is 0 Å².